The molecule has 0 atom stereocenters. The summed E-state index contributed by atoms with van der Waals surface area (Å²) in [7, 11) is -3.70. The lowest BCUT2D eigenvalue weighted by molar-refractivity contribution is 0.0972. The van der Waals surface area contributed by atoms with Gasteiger partial charge in [-0.2, -0.15) is 4.31 Å². The molecule has 0 spiro atoms. The standard InChI is InChI=1S/C23H26BrN3O4S2/c1-5-13-27(14-6-2)33(29,30)19-10-8-18(9-11-19)25-23(32)26-22(28)20-15-17(24)7-12-21(20)31-16(3)4/h5-12,15-16H,1-2,13-14H2,3-4H3,(H2,25,26,28,32). The highest BCUT2D eigenvalue weighted by atomic mass is 79.9. The zero-order valence-corrected chi connectivity index (χ0v) is 21.6. The van der Waals surface area contributed by atoms with Crippen molar-refractivity contribution >= 4 is 54.9 Å². The van der Waals surface area contributed by atoms with E-state index in [1.54, 1.807) is 30.3 Å². The van der Waals surface area contributed by atoms with Gasteiger partial charge in [-0.05, 0) is 68.5 Å². The number of sulfonamides is 1. The lowest BCUT2D eigenvalue weighted by Crippen LogP contribution is -2.34. The van der Waals surface area contributed by atoms with Crippen LogP contribution in [0.15, 0.2) is 77.1 Å². The zero-order chi connectivity index (χ0) is 24.6. The summed E-state index contributed by atoms with van der Waals surface area (Å²) >= 11 is 8.60. The van der Waals surface area contributed by atoms with Crippen molar-refractivity contribution in [2.45, 2.75) is 24.8 Å². The fourth-order valence-electron chi connectivity index (χ4n) is 2.79. The Hall–Kier alpha value is -2.53. The van der Waals surface area contributed by atoms with Crippen LogP contribution in [-0.2, 0) is 10.0 Å². The molecule has 0 aliphatic rings. The minimum atomic E-state index is -3.70. The number of amides is 1. The number of nitrogens with zero attached hydrogens (tertiary/aromatic N) is 1. The number of thiocarbonyl (C=S) groups is 1. The van der Waals surface area contributed by atoms with E-state index in [9.17, 15) is 13.2 Å². The summed E-state index contributed by atoms with van der Waals surface area (Å²) in [6.45, 7) is 11.3. The van der Waals surface area contributed by atoms with Crippen LogP contribution in [0.2, 0.25) is 0 Å². The highest BCUT2D eigenvalue weighted by molar-refractivity contribution is 9.10. The average molecular weight is 553 g/mol. The van der Waals surface area contributed by atoms with E-state index in [-0.39, 0.29) is 29.2 Å². The molecule has 0 fully saturated rings. The van der Waals surface area contributed by atoms with Crippen LogP contribution in [0.4, 0.5) is 5.69 Å². The summed E-state index contributed by atoms with van der Waals surface area (Å²) in [5.74, 6) is -0.000183. The maximum atomic E-state index is 12.8. The highest BCUT2D eigenvalue weighted by Gasteiger charge is 2.22. The molecule has 33 heavy (non-hydrogen) atoms. The molecule has 10 heteroatoms. The molecule has 0 aromatic heterocycles. The number of nitrogens with one attached hydrogen (secondary N) is 2. The molecule has 2 rings (SSSR count). The molecule has 2 aromatic carbocycles. The molecule has 7 nitrogen and oxygen atoms in total. The second kappa shape index (κ2) is 12.1. The van der Waals surface area contributed by atoms with Gasteiger partial charge in [0.25, 0.3) is 5.91 Å². The average Bonchev–Trinajstić information content (AvgIpc) is 2.74. The number of benzene rings is 2. The van der Waals surface area contributed by atoms with E-state index >= 15 is 0 Å². The van der Waals surface area contributed by atoms with Crippen molar-refractivity contribution in [3.63, 3.8) is 0 Å². The SMILES string of the molecule is C=CCN(CC=C)S(=O)(=O)c1ccc(NC(=S)NC(=O)c2cc(Br)ccc2OC(C)C)cc1. The van der Waals surface area contributed by atoms with Crippen LogP contribution in [0.1, 0.15) is 24.2 Å². The van der Waals surface area contributed by atoms with Crippen LogP contribution >= 0.6 is 28.1 Å². The van der Waals surface area contributed by atoms with Crippen LogP contribution in [-0.4, -0.2) is 42.9 Å². The molecule has 176 valence electrons. The quantitative estimate of drug-likeness (QED) is 0.328. The summed E-state index contributed by atoms with van der Waals surface area (Å²) in [6.07, 6.45) is 2.92. The Morgan fingerprint density at radius 2 is 1.76 bits per heavy atom. The maximum Gasteiger partial charge on any atom is 0.261 e. The van der Waals surface area contributed by atoms with Gasteiger partial charge in [0, 0.05) is 23.2 Å². The van der Waals surface area contributed by atoms with Gasteiger partial charge in [0.05, 0.1) is 16.6 Å². The van der Waals surface area contributed by atoms with E-state index in [1.807, 2.05) is 13.8 Å². The number of halogens is 1. The Balaban J connectivity index is 2.11. The van der Waals surface area contributed by atoms with E-state index < -0.39 is 15.9 Å². The second-order valence-electron chi connectivity index (χ2n) is 7.14. The van der Waals surface area contributed by atoms with E-state index in [2.05, 4.69) is 39.7 Å². The minimum absolute atomic E-state index is 0.0611. The van der Waals surface area contributed by atoms with Crippen molar-refractivity contribution in [2.75, 3.05) is 18.4 Å². The third-order valence-corrected chi connectivity index (χ3v) is 6.73. The lowest BCUT2D eigenvalue weighted by atomic mass is 10.2. The molecule has 0 aliphatic heterocycles. The van der Waals surface area contributed by atoms with Gasteiger partial charge < -0.3 is 10.1 Å². The van der Waals surface area contributed by atoms with Gasteiger partial charge in [-0.1, -0.05) is 28.1 Å². The molecule has 0 saturated carbocycles. The summed E-state index contributed by atoms with van der Waals surface area (Å²) in [4.78, 5) is 12.9. The van der Waals surface area contributed by atoms with Crippen LogP contribution in [0.3, 0.4) is 0 Å². The molecular weight excluding hydrogens is 526 g/mol. The van der Waals surface area contributed by atoms with Crippen LogP contribution in [0.5, 0.6) is 5.75 Å². The summed E-state index contributed by atoms with van der Waals surface area (Å²) in [6, 6.07) is 11.2. The fourth-order valence-corrected chi connectivity index (χ4v) is 4.74. The number of anilines is 1. The van der Waals surface area contributed by atoms with Crippen molar-refractivity contribution in [1.82, 2.24) is 9.62 Å². The van der Waals surface area contributed by atoms with Gasteiger partial charge in [-0.25, -0.2) is 8.42 Å². The molecule has 2 N–H and O–H groups in total. The first-order valence-electron chi connectivity index (χ1n) is 9.99. The smallest absolute Gasteiger partial charge is 0.261 e. The van der Waals surface area contributed by atoms with Gasteiger partial charge >= 0.3 is 0 Å². The van der Waals surface area contributed by atoms with Crippen LogP contribution in [0.25, 0.3) is 0 Å². The second-order valence-corrected chi connectivity index (χ2v) is 10.4. The van der Waals surface area contributed by atoms with Crippen molar-refractivity contribution in [3.05, 3.63) is 77.8 Å². The molecule has 0 aliphatic carbocycles. The van der Waals surface area contributed by atoms with Crippen LogP contribution < -0.4 is 15.4 Å². The number of hydrogen-bond donors (Lipinski definition) is 2. The van der Waals surface area contributed by atoms with E-state index in [1.165, 1.54) is 28.6 Å². The molecule has 0 unspecified atom stereocenters. The van der Waals surface area contributed by atoms with Gasteiger partial charge in [0.15, 0.2) is 5.11 Å². The third kappa shape index (κ3) is 7.50. The van der Waals surface area contributed by atoms with Crippen molar-refractivity contribution < 1.29 is 17.9 Å². The van der Waals surface area contributed by atoms with E-state index in [0.29, 0.717) is 17.0 Å². The first-order valence-corrected chi connectivity index (χ1v) is 12.6. The molecule has 0 saturated heterocycles. The molecular formula is C23H26BrN3O4S2. The number of carbonyl (C=O) groups is 1. The lowest BCUT2D eigenvalue weighted by Gasteiger charge is -2.19. The largest absolute Gasteiger partial charge is 0.490 e. The topological polar surface area (TPSA) is 87.7 Å². The summed E-state index contributed by atoms with van der Waals surface area (Å²) in [5.41, 5.74) is 0.847. The Labute approximate surface area is 208 Å². The normalized spacial score (nSPS) is 11.2. The zero-order valence-electron chi connectivity index (χ0n) is 18.4. The third-order valence-electron chi connectivity index (χ3n) is 4.19. The summed E-state index contributed by atoms with van der Waals surface area (Å²) in [5, 5.41) is 5.56. The van der Waals surface area contributed by atoms with E-state index in [0.717, 1.165) is 4.47 Å². The monoisotopic (exact) mass is 551 g/mol. The van der Waals surface area contributed by atoms with Crippen molar-refractivity contribution in [3.8, 4) is 5.75 Å². The maximum absolute atomic E-state index is 12.8. The molecule has 0 bridgehead atoms. The van der Waals surface area contributed by atoms with Gasteiger partial charge in [-0.15, -0.1) is 13.2 Å². The molecule has 0 heterocycles. The minimum Gasteiger partial charge on any atom is -0.490 e. The van der Waals surface area contributed by atoms with Gasteiger partial charge in [0.1, 0.15) is 5.75 Å². The number of rotatable bonds is 10. The molecule has 1 amide bonds. The van der Waals surface area contributed by atoms with Gasteiger partial charge in [0.2, 0.25) is 10.0 Å². The fraction of sp³-hybridized carbons (Fsp3) is 0.217. The summed E-state index contributed by atoms with van der Waals surface area (Å²) < 4.78 is 33.3. The van der Waals surface area contributed by atoms with Crippen molar-refractivity contribution in [1.29, 1.82) is 0 Å². The molecule has 0 radical (unpaired) electrons. The predicted molar refractivity (Wildman–Crippen MR) is 139 cm³/mol. The van der Waals surface area contributed by atoms with Crippen LogP contribution in [0, 0.1) is 0 Å². The highest BCUT2D eigenvalue weighted by Crippen LogP contribution is 2.24. The number of hydrogen-bond acceptors (Lipinski definition) is 5. The van der Waals surface area contributed by atoms with E-state index in [4.69, 9.17) is 17.0 Å². The predicted octanol–water partition coefficient (Wildman–Crippen LogP) is 4.73. The Kier molecular flexibility index (Phi) is 9.78. The first kappa shape index (κ1) is 26.7. The Morgan fingerprint density at radius 3 is 2.30 bits per heavy atom. The Bertz CT molecular complexity index is 1120. The first-order chi connectivity index (χ1) is 15.6. The molecule has 2 aromatic rings. The van der Waals surface area contributed by atoms with Crippen molar-refractivity contribution in [2.24, 2.45) is 0 Å². The van der Waals surface area contributed by atoms with Gasteiger partial charge in [-0.3, -0.25) is 10.1 Å². The Morgan fingerprint density at radius 1 is 1.15 bits per heavy atom. The number of ether oxygens (including phenoxy) is 1. The number of carbonyl (C=O) groups excluding carboxylic acids is 1.